The molecule has 0 bridgehead atoms. The van der Waals surface area contributed by atoms with E-state index in [4.69, 9.17) is 16.3 Å². The fraction of sp³-hybridized carbons (Fsp3) is 0.333. The van der Waals surface area contributed by atoms with Crippen LogP contribution in [0, 0.1) is 11.3 Å². The van der Waals surface area contributed by atoms with Crippen molar-refractivity contribution in [3.63, 3.8) is 0 Å². The molecule has 2 aromatic carbocycles. The van der Waals surface area contributed by atoms with E-state index < -0.39 is 17.2 Å². The summed E-state index contributed by atoms with van der Waals surface area (Å²) in [6.45, 7) is 7.47. The minimum absolute atomic E-state index is 0.102. The maximum Gasteiger partial charge on any atom is 0.415 e. The van der Waals surface area contributed by atoms with Crippen molar-refractivity contribution < 1.29 is 9.53 Å². The number of carbonyl (C=O) groups excluding carboxylic acids is 1. The number of carbonyl (C=O) groups is 1. The maximum absolute atomic E-state index is 13.6. The fourth-order valence-electron chi connectivity index (χ4n) is 3.76. The molecule has 0 saturated heterocycles. The standard InChI is InChI=1S/C24H26ClN3O2/c1-5-24(14-15-26,17-9-11-18(25)12-10-17)28(22(29)30-23(2,3)4)21-8-6-7-20-19(21)13-16-27-20/h6-13,16,27H,5,14H2,1-4H3. The minimum Gasteiger partial charge on any atom is -0.443 e. The number of aromatic amines is 1. The van der Waals surface area contributed by atoms with Gasteiger partial charge in [0.2, 0.25) is 0 Å². The number of fused-ring (bicyclic) bond motifs is 1. The summed E-state index contributed by atoms with van der Waals surface area (Å²) >= 11 is 6.12. The van der Waals surface area contributed by atoms with Gasteiger partial charge >= 0.3 is 6.09 Å². The largest absolute Gasteiger partial charge is 0.443 e. The Bertz CT molecular complexity index is 1080. The topological polar surface area (TPSA) is 69.1 Å². The predicted molar refractivity (Wildman–Crippen MR) is 121 cm³/mol. The lowest BCUT2D eigenvalue weighted by atomic mass is 9.82. The molecule has 0 fully saturated rings. The predicted octanol–water partition coefficient (Wildman–Crippen LogP) is 6.78. The van der Waals surface area contributed by atoms with Gasteiger partial charge in [0.25, 0.3) is 0 Å². The van der Waals surface area contributed by atoms with E-state index in [0.29, 0.717) is 17.1 Å². The Kier molecular flexibility index (Phi) is 6.09. The Morgan fingerprint density at radius 3 is 2.47 bits per heavy atom. The van der Waals surface area contributed by atoms with Crippen molar-refractivity contribution in [1.82, 2.24) is 4.98 Å². The Labute approximate surface area is 182 Å². The number of H-pyrrole nitrogens is 1. The molecule has 0 spiro atoms. The van der Waals surface area contributed by atoms with E-state index in [1.807, 2.05) is 70.3 Å². The lowest BCUT2D eigenvalue weighted by Gasteiger charge is -2.43. The number of nitriles is 1. The molecule has 0 radical (unpaired) electrons. The van der Waals surface area contributed by atoms with Crippen molar-refractivity contribution in [3.8, 4) is 6.07 Å². The number of ether oxygens (including phenoxy) is 1. The second kappa shape index (κ2) is 8.41. The average molecular weight is 424 g/mol. The van der Waals surface area contributed by atoms with Gasteiger partial charge in [-0.25, -0.2) is 4.79 Å². The lowest BCUT2D eigenvalue weighted by Crippen LogP contribution is -2.51. The smallest absolute Gasteiger partial charge is 0.415 e. The van der Waals surface area contributed by atoms with Crippen LogP contribution in [-0.2, 0) is 10.3 Å². The summed E-state index contributed by atoms with van der Waals surface area (Å²) in [6.07, 6.45) is 1.96. The van der Waals surface area contributed by atoms with Crippen molar-refractivity contribution >= 4 is 34.3 Å². The summed E-state index contributed by atoms with van der Waals surface area (Å²) in [7, 11) is 0. The van der Waals surface area contributed by atoms with Crippen LogP contribution in [0.15, 0.2) is 54.7 Å². The van der Waals surface area contributed by atoms with Crippen LogP contribution in [0.25, 0.3) is 10.9 Å². The van der Waals surface area contributed by atoms with E-state index in [2.05, 4.69) is 11.1 Å². The van der Waals surface area contributed by atoms with Crippen LogP contribution in [0.4, 0.5) is 10.5 Å². The summed E-state index contributed by atoms with van der Waals surface area (Å²) in [5, 5.41) is 11.2. The molecule has 1 aromatic heterocycles. The van der Waals surface area contributed by atoms with Gasteiger partial charge in [-0.1, -0.05) is 36.7 Å². The van der Waals surface area contributed by atoms with Crippen molar-refractivity contribution in [2.75, 3.05) is 4.90 Å². The molecule has 1 amide bonds. The highest BCUT2D eigenvalue weighted by Crippen LogP contribution is 2.42. The van der Waals surface area contributed by atoms with Crippen LogP contribution < -0.4 is 4.90 Å². The van der Waals surface area contributed by atoms with Crippen LogP contribution in [0.3, 0.4) is 0 Å². The molecule has 156 valence electrons. The molecule has 6 heteroatoms. The van der Waals surface area contributed by atoms with Crippen molar-refractivity contribution in [1.29, 1.82) is 5.26 Å². The van der Waals surface area contributed by atoms with E-state index in [0.717, 1.165) is 16.5 Å². The Morgan fingerprint density at radius 1 is 1.17 bits per heavy atom. The summed E-state index contributed by atoms with van der Waals surface area (Å²) in [5.74, 6) is 0. The molecule has 30 heavy (non-hydrogen) atoms. The molecular weight excluding hydrogens is 398 g/mol. The quantitative estimate of drug-likeness (QED) is 0.491. The van der Waals surface area contributed by atoms with Crippen LogP contribution in [-0.4, -0.2) is 16.7 Å². The van der Waals surface area contributed by atoms with E-state index in [9.17, 15) is 10.1 Å². The maximum atomic E-state index is 13.6. The molecule has 0 aliphatic heterocycles. The SMILES string of the molecule is CCC(CC#N)(c1ccc(Cl)cc1)N(C(=O)OC(C)(C)C)c1cccc2[nH]ccc12. The summed E-state index contributed by atoms with van der Waals surface area (Å²) in [6, 6.07) is 17.3. The number of aromatic nitrogens is 1. The highest BCUT2D eigenvalue weighted by Gasteiger charge is 2.43. The summed E-state index contributed by atoms with van der Waals surface area (Å²) in [4.78, 5) is 18.4. The molecule has 1 N–H and O–H groups in total. The third-order valence-electron chi connectivity index (χ3n) is 5.15. The van der Waals surface area contributed by atoms with Gasteiger partial charge in [-0.05, 0) is 63.1 Å². The Morgan fingerprint density at radius 2 is 1.87 bits per heavy atom. The molecule has 0 saturated carbocycles. The first-order chi connectivity index (χ1) is 14.2. The minimum atomic E-state index is -0.923. The zero-order chi connectivity index (χ0) is 21.9. The first-order valence-electron chi connectivity index (χ1n) is 9.94. The van der Waals surface area contributed by atoms with Crippen LogP contribution in [0.5, 0.6) is 0 Å². The van der Waals surface area contributed by atoms with Gasteiger partial charge in [0.15, 0.2) is 0 Å². The molecule has 5 nitrogen and oxygen atoms in total. The molecule has 1 heterocycles. The summed E-state index contributed by atoms with van der Waals surface area (Å²) in [5.41, 5.74) is 0.810. The monoisotopic (exact) mass is 423 g/mol. The number of hydrogen-bond acceptors (Lipinski definition) is 3. The second-order valence-corrected chi connectivity index (χ2v) is 8.70. The van der Waals surface area contributed by atoms with Crippen LogP contribution in [0.1, 0.15) is 46.1 Å². The number of hydrogen-bond donors (Lipinski definition) is 1. The van der Waals surface area contributed by atoms with Gasteiger partial charge in [0, 0.05) is 22.1 Å². The third-order valence-corrected chi connectivity index (χ3v) is 5.41. The molecule has 3 aromatic rings. The first-order valence-corrected chi connectivity index (χ1v) is 10.3. The number of benzene rings is 2. The number of nitrogens with zero attached hydrogens (tertiary/aromatic N) is 2. The molecule has 0 aliphatic carbocycles. The Balaban J connectivity index is 2.30. The number of nitrogens with one attached hydrogen (secondary N) is 1. The highest BCUT2D eigenvalue weighted by atomic mass is 35.5. The van der Waals surface area contributed by atoms with E-state index in [1.165, 1.54) is 0 Å². The van der Waals surface area contributed by atoms with Gasteiger partial charge in [0.05, 0.1) is 23.7 Å². The molecule has 1 atom stereocenters. The number of halogens is 1. The zero-order valence-corrected chi connectivity index (χ0v) is 18.5. The van der Waals surface area contributed by atoms with E-state index >= 15 is 0 Å². The molecule has 0 aliphatic rings. The van der Waals surface area contributed by atoms with Crippen molar-refractivity contribution in [2.24, 2.45) is 0 Å². The first kappa shape index (κ1) is 21.7. The van der Waals surface area contributed by atoms with Gasteiger partial charge in [-0.2, -0.15) is 5.26 Å². The fourth-order valence-corrected chi connectivity index (χ4v) is 3.89. The van der Waals surface area contributed by atoms with Gasteiger partial charge < -0.3 is 9.72 Å². The van der Waals surface area contributed by atoms with Crippen molar-refractivity contribution in [2.45, 2.75) is 51.7 Å². The van der Waals surface area contributed by atoms with Crippen LogP contribution in [0.2, 0.25) is 5.02 Å². The highest BCUT2D eigenvalue weighted by molar-refractivity contribution is 6.30. The number of amides is 1. The third kappa shape index (κ3) is 4.15. The van der Waals surface area contributed by atoms with E-state index in [-0.39, 0.29) is 6.42 Å². The number of rotatable bonds is 5. The van der Waals surface area contributed by atoms with Gasteiger partial charge in [-0.3, -0.25) is 4.90 Å². The molecular formula is C24H26ClN3O2. The zero-order valence-electron chi connectivity index (χ0n) is 17.7. The normalized spacial score (nSPS) is 13.5. The summed E-state index contributed by atoms with van der Waals surface area (Å²) < 4.78 is 5.82. The number of anilines is 1. The average Bonchev–Trinajstić information content (AvgIpc) is 3.16. The van der Waals surface area contributed by atoms with Gasteiger partial charge in [-0.15, -0.1) is 0 Å². The van der Waals surface area contributed by atoms with Crippen molar-refractivity contribution in [3.05, 3.63) is 65.3 Å². The lowest BCUT2D eigenvalue weighted by molar-refractivity contribution is 0.0531. The van der Waals surface area contributed by atoms with Gasteiger partial charge in [0.1, 0.15) is 5.60 Å². The molecule has 1 unspecified atom stereocenters. The molecule has 3 rings (SSSR count). The second-order valence-electron chi connectivity index (χ2n) is 8.26. The Hall–Kier alpha value is -2.97. The van der Waals surface area contributed by atoms with Crippen LogP contribution >= 0.6 is 11.6 Å². The van der Waals surface area contributed by atoms with E-state index in [1.54, 1.807) is 17.0 Å².